The molecule has 200 valence electrons. The number of aliphatic imine (C=N–C) groups is 2. The molecule has 11 heteroatoms. The Morgan fingerprint density at radius 3 is 1.43 bits per heavy atom. The van der Waals surface area contributed by atoms with E-state index in [0.29, 0.717) is 24.9 Å². The van der Waals surface area contributed by atoms with E-state index in [-0.39, 0.29) is 51.9 Å². The summed E-state index contributed by atoms with van der Waals surface area (Å²) in [5.41, 5.74) is 0.743. The van der Waals surface area contributed by atoms with Gasteiger partial charge in [0.15, 0.2) is 0 Å². The standard InChI is InChI=1S/C24H38N4O4S2.Ni/c1-21(2)17-5-7-23(21)15-33(29,30)27-11-12-28-34(31,32)16-24-8-6-18(22(24,3)4)14-20(24)26-10-9-25-19(23)13-17;/h17-18H,5-16H2,1-4H3;/q-2;+2/t17-,18-,23-,24-;/m1./s1. The van der Waals surface area contributed by atoms with Gasteiger partial charge in [0.25, 0.3) is 0 Å². The number of hydrogen-bond donors (Lipinski definition) is 0. The van der Waals surface area contributed by atoms with Gasteiger partial charge in [0, 0.05) is 33.8 Å². The van der Waals surface area contributed by atoms with Gasteiger partial charge in [0.1, 0.15) is 0 Å². The van der Waals surface area contributed by atoms with Gasteiger partial charge in [0.2, 0.25) is 0 Å². The molecule has 0 amide bonds. The summed E-state index contributed by atoms with van der Waals surface area (Å²) in [6, 6.07) is 0. The molecule has 0 unspecified atom stereocenters. The average molecular weight is 569 g/mol. The summed E-state index contributed by atoms with van der Waals surface area (Å²) in [6.07, 6.45) is 5.35. The molecule has 4 aliphatic carbocycles. The molecule has 0 saturated heterocycles. The van der Waals surface area contributed by atoms with Crippen LogP contribution in [-0.4, -0.2) is 65.9 Å². The minimum absolute atomic E-state index is 0. The van der Waals surface area contributed by atoms with Crippen molar-refractivity contribution in [3.8, 4) is 0 Å². The first-order valence-corrected chi connectivity index (χ1v) is 15.9. The summed E-state index contributed by atoms with van der Waals surface area (Å²) >= 11 is 0. The monoisotopic (exact) mass is 568 g/mol. The van der Waals surface area contributed by atoms with Crippen LogP contribution in [0.4, 0.5) is 0 Å². The van der Waals surface area contributed by atoms with Crippen LogP contribution in [0.5, 0.6) is 0 Å². The van der Waals surface area contributed by atoms with Crippen LogP contribution in [0.1, 0.15) is 66.2 Å². The van der Waals surface area contributed by atoms with Crippen molar-refractivity contribution in [3.63, 3.8) is 0 Å². The Hall–Kier alpha value is -0.346. The molecule has 5 rings (SSSR count). The molecule has 0 aromatic heterocycles. The van der Waals surface area contributed by atoms with Crippen LogP contribution in [0.2, 0.25) is 0 Å². The fourth-order valence-corrected chi connectivity index (χ4v) is 11.7. The van der Waals surface area contributed by atoms with Gasteiger partial charge < -0.3 is 9.44 Å². The Bertz CT molecular complexity index is 1060. The first-order valence-electron chi connectivity index (χ1n) is 12.7. The van der Waals surface area contributed by atoms with Crippen molar-refractivity contribution in [1.29, 1.82) is 0 Å². The van der Waals surface area contributed by atoms with Crippen LogP contribution in [0.3, 0.4) is 0 Å². The van der Waals surface area contributed by atoms with Crippen molar-refractivity contribution in [2.75, 3.05) is 37.7 Å². The molecule has 4 bridgehead atoms. The average Bonchev–Trinajstić information content (AvgIpc) is 3.26. The largest absolute Gasteiger partial charge is 2.00 e. The molecule has 8 nitrogen and oxygen atoms in total. The second-order valence-electron chi connectivity index (χ2n) is 12.3. The Kier molecular flexibility index (Phi) is 7.00. The van der Waals surface area contributed by atoms with Gasteiger partial charge >= 0.3 is 16.5 Å². The zero-order valence-electron chi connectivity index (χ0n) is 21.2. The Morgan fingerprint density at radius 2 is 1.09 bits per heavy atom. The molecule has 2 spiro atoms. The summed E-state index contributed by atoms with van der Waals surface area (Å²) in [4.78, 5) is 9.91. The predicted octanol–water partition coefficient (Wildman–Crippen LogP) is 3.94. The van der Waals surface area contributed by atoms with Crippen LogP contribution in [-0.2, 0) is 36.5 Å². The fraction of sp³-hybridized carbons (Fsp3) is 0.917. The fourth-order valence-electron chi connectivity index (χ4n) is 8.15. The second kappa shape index (κ2) is 8.86. The van der Waals surface area contributed by atoms with Crippen molar-refractivity contribution in [3.05, 3.63) is 9.44 Å². The van der Waals surface area contributed by atoms with Gasteiger partial charge in [-0.3, -0.25) is 9.98 Å². The molecule has 4 fully saturated rings. The number of nitrogens with zero attached hydrogens (tertiary/aromatic N) is 4. The van der Waals surface area contributed by atoms with Crippen LogP contribution >= 0.6 is 0 Å². The van der Waals surface area contributed by atoms with Crippen LogP contribution in [0.15, 0.2) is 9.98 Å². The molecule has 4 atom stereocenters. The smallest absolute Gasteiger partial charge is 0.550 e. The molecule has 5 aliphatic rings. The van der Waals surface area contributed by atoms with Gasteiger partial charge in [-0.15, -0.1) is 0 Å². The third-order valence-electron chi connectivity index (χ3n) is 10.6. The van der Waals surface area contributed by atoms with E-state index >= 15 is 0 Å². The Labute approximate surface area is 221 Å². The molecule has 0 radical (unpaired) electrons. The first-order chi connectivity index (χ1) is 15.7. The zero-order chi connectivity index (χ0) is 24.6. The van der Waals surface area contributed by atoms with Gasteiger partial charge in [-0.05, 0) is 61.2 Å². The Balaban J connectivity index is 0.00000289. The second-order valence-corrected chi connectivity index (χ2v) is 15.7. The molecular weight excluding hydrogens is 531 g/mol. The summed E-state index contributed by atoms with van der Waals surface area (Å²) < 4.78 is 60.1. The van der Waals surface area contributed by atoms with Crippen molar-refractivity contribution < 1.29 is 33.3 Å². The van der Waals surface area contributed by atoms with E-state index in [1.165, 1.54) is 0 Å². The molecule has 0 aromatic rings. The van der Waals surface area contributed by atoms with Crippen LogP contribution in [0.25, 0.3) is 9.44 Å². The van der Waals surface area contributed by atoms with Crippen LogP contribution < -0.4 is 0 Å². The maximum atomic E-state index is 13.0. The normalized spacial score (nSPS) is 41.3. The third kappa shape index (κ3) is 4.20. The molecule has 0 aromatic carbocycles. The van der Waals surface area contributed by atoms with Crippen molar-refractivity contribution in [2.24, 2.45) is 43.5 Å². The van der Waals surface area contributed by atoms with E-state index in [1.54, 1.807) is 0 Å². The van der Waals surface area contributed by atoms with Crippen molar-refractivity contribution in [2.45, 2.75) is 66.2 Å². The number of hydrogen-bond acceptors (Lipinski definition) is 6. The molecule has 4 saturated carbocycles. The molecule has 1 aliphatic heterocycles. The minimum atomic E-state index is -3.73. The molecule has 0 N–H and O–H groups in total. The topological polar surface area (TPSA) is 121 Å². The summed E-state index contributed by atoms with van der Waals surface area (Å²) in [7, 11) is -7.47. The van der Waals surface area contributed by atoms with E-state index < -0.39 is 30.9 Å². The van der Waals surface area contributed by atoms with Gasteiger partial charge in [-0.25, -0.2) is 16.8 Å². The number of rotatable bonds is 0. The predicted molar refractivity (Wildman–Crippen MR) is 136 cm³/mol. The molecule has 35 heavy (non-hydrogen) atoms. The number of fused-ring (bicyclic) bond motifs is 2. The summed E-state index contributed by atoms with van der Waals surface area (Å²) in [5.74, 6) is 0.764. The Morgan fingerprint density at radius 1 is 0.714 bits per heavy atom. The third-order valence-corrected chi connectivity index (χ3v) is 13.4. The molecular formula is C24H38N4NiO4S2. The zero-order valence-corrected chi connectivity index (χ0v) is 23.8. The van der Waals surface area contributed by atoms with E-state index in [2.05, 4.69) is 37.1 Å². The van der Waals surface area contributed by atoms with Gasteiger partial charge in [-0.2, -0.15) is 13.1 Å². The summed E-state index contributed by atoms with van der Waals surface area (Å²) in [5, 5.41) is 0. The van der Waals surface area contributed by atoms with E-state index in [0.717, 1.165) is 49.9 Å². The number of sulfonamides is 2. The van der Waals surface area contributed by atoms with Gasteiger partial charge in [0.05, 0.1) is 33.1 Å². The van der Waals surface area contributed by atoms with E-state index in [4.69, 9.17) is 9.98 Å². The quantitative estimate of drug-likeness (QED) is 0.411. The summed E-state index contributed by atoms with van der Waals surface area (Å²) in [6.45, 7) is 9.45. The maximum Gasteiger partial charge on any atom is 2.00 e. The van der Waals surface area contributed by atoms with Crippen LogP contribution in [0, 0.1) is 33.5 Å². The van der Waals surface area contributed by atoms with E-state index in [9.17, 15) is 16.8 Å². The van der Waals surface area contributed by atoms with Crippen molar-refractivity contribution >= 4 is 31.5 Å². The first kappa shape index (κ1) is 27.7. The maximum absolute atomic E-state index is 13.0. The van der Waals surface area contributed by atoms with Crippen molar-refractivity contribution in [1.82, 2.24) is 0 Å². The minimum Gasteiger partial charge on any atom is -0.550 e. The SMILES string of the molecule is CC1(C)[C@@H]2CC[C@]13CS(=O)(=O)[N-]CC[N-]S(=O)(=O)C[C@]14CC[C@H](CC1=NCCN=C3C2)C4(C)C.[Ni+2]. The van der Waals surface area contributed by atoms with E-state index in [1.807, 2.05) is 0 Å². The van der Waals surface area contributed by atoms with Gasteiger partial charge in [-0.1, -0.05) is 27.7 Å². The molecule has 1 heterocycles.